The fourth-order valence-electron chi connectivity index (χ4n) is 4.07. The number of nitrogens with zero attached hydrogens (tertiary/aromatic N) is 2. The molecule has 3 aliphatic rings. The highest BCUT2D eigenvalue weighted by molar-refractivity contribution is 6.62. The lowest BCUT2D eigenvalue weighted by Crippen LogP contribution is -2.43. The third-order valence-electron chi connectivity index (χ3n) is 6.62. The van der Waals surface area contributed by atoms with Gasteiger partial charge in [0.05, 0.1) is 11.2 Å². The third kappa shape index (κ3) is 2.88. The van der Waals surface area contributed by atoms with Crippen molar-refractivity contribution < 1.29 is 14.1 Å². The Balaban J connectivity index is 1.54. The molecule has 0 saturated carbocycles. The fraction of sp³-hybridized carbons (Fsp3) is 0.650. The van der Waals surface area contributed by atoms with Gasteiger partial charge in [-0.25, -0.2) is 0 Å². The van der Waals surface area contributed by atoms with E-state index in [2.05, 4.69) is 22.9 Å². The zero-order valence-electron chi connectivity index (χ0n) is 16.5. The zero-order valence-corrected chi connectivity index (χ0v) is 16.5. The normalized spacial score (nSPS) is 25.8. The first-order chi connectivity index (χ1) is 12.2. The van der Waals surface area contributed by atoms with Crippen LogP contribution in [0, 0.1) is 0 Å². The first-order valence-corrected chi connectivity index (χ1v) is 9.66. The van der Waals surface area contributed by atoms with Crippen LogP contribution in [0.1, 0.15) is 56.5 Å². The average molecular weight is 356 g/mol. The molecule has 5 nitrogen and oxygen atoms in total. The molecule has 0 bridgehead atoms. The molecule has 2 saturated heterocycles. The van der Waals surface area contributed by atoms with Gasteiger partial charge in [-0.2, -0.15) is 0 Å². The molecular weight excluding hydrogens is 327 g/mol. The number of piperidine rings is 1. The van der Waals surface area contributed by atoms with Crippen LogP contribution >= 0.6 is 0 Å². The molecule has 1 aromatic carbocycles. The summed E-state index contributed by atoms with van der Waals surface area (Å²) in [5, 5.41) is 0. The van der Waals surface area contributed by atoms with E-state index in [4.69, 9.17) is 9.31 Å². The van der Waals surface area contributed by atoms with Crippen molar-refractivity contribution >= 4 is 18.5 Å². The quantitative estimate of drug-likeness (QED) is 0.761. The summed E-state index contributed by atoms with van der Waals surface area (Å²) in [6.45, 7) is 11.0. The molecule has 4 rings (SSSR count). The number of hydrogen-bond donors (Lipinski definition) is 0. The molecule has 3 heterocycles. The Kier molecular flexibility index (Phi) is 4.21. The standard InChI is InChI=1S/C20H29BN2O3/c1-19(2)20(3,4)26-21(25-19)15-7-6-14-13-23(18(24)17(14)12-15)16-8-10-22(5)11-9-16/h6-7,12,16H,8-11,13H2,1-5H3. The summed E-state index contributed by atoms with van der Waals surface area (Å²) < 4.78 is 12.3. The lowest BCUT2D eigenvalue weighted by Gasteiger charge is -2.34. The molecule has 0 unspecified atom stereocenters. The largest absolute Gasteiger partial charge is 0.494 e. The summed E-state index contributed by atoms with van der Waals surface area (Å²) >= 11 is 0. The van der Waals surface area contributed by atoms with Crippen LogP contribution in [-0.4, -0.2) is 60.2 Å². The van der Waals surface area contributed by atoms with Crippen molar-refractivity contribution in [3.8, 4) is 0 Å². The Hall–Kier alpha value is -1.37. The van der Waals surface area contributed by atoms with Crippen molar-refractivity contribution in [2.24, 2.45) is 0 Å². The molecule has 0 aromatic heterocycles. The van der Waals surface area contributed by atoms with Gasteiger partial charge < -0.3 is 19.1 Å². The zero-order chi connectivity index (χ0) is 18.7. The van der Waals surface area contributed by atoms with Gasteiger partial charge in [0.15, 0.2) is 0 Å². The first-order valence-electron chi connectivity index (χ1n) is 9.66. The van der Waals surface area contributed by atoms with E-state index in [0.29, 0.717) is 6.04 Å². The topological polar surface area (TPSA) is 42.0 Å². The van der Waals surface area contributed by atoms with Crippen molar-refractivity contribution in [2.45, 2.75) is 64.3 Å². The van der Waals surface area contributed by atoms with Gasteiger partial charge in [-0.05, 0) is 77.8 Å². The van der Waals surface area contributed by atoms with Crippen LogP contribution in [0.25, 0.3) is 0 Å². The highest BCUT2D eigenvalue weighted by atomic mass is 16.7. The van der Waals surface area contributed by atoms with Crippen LogP contribution in [0.2, 0.25) is 0 Å². The number of rotatable bonds is 2. The Morgan fingerprint density at radius 1 is 1.08 bits per heavy atom. The predicted octanol–water partition coefficient (Wildman–Crippen LogP) is 2.04. The van der Waals surface area contributed by atoms with Crippen molar-refractivity contribution in [1.82, 2.24) is 9.80 Å². The molecule has 1 amide bonds. The second-order valence-electron chi connectivity index (χ2n) is 8.97. The van der Waals surface area contributed by atoms with E-state index in [1.807, 2.05) is 39.8 Å². The second-order valence-corrected chi connectivity index (χ2v) is 8.97. The van der Waals surface area contributed by atoms with Gasteiger partial charge in [0.1, 0.15) is 0 Å². The lowest BCUT2D eigenvalue weighted by molar-refractivity contribution is 0.00578. The van der Waals surface area contributed by atoms with Crippen molar-refractivity contribution in [1.29, 1.82) is 0 Å². The summed E-state index contributed by atoms with van der Waals surface area (Å²) in [5.41, 5.74) is 2.12. The molecule has 140 valence electrons. The lowest BCUT2D eigenvalue weighted by atomic mass is 9.78. The van der Waals surface area contributed by atoms with Crippen LogP contribution in [0.3, 0.4) is 0 Å². The van der Waals surface area contributed by atoms with Crippen LogP contribution in [-0.2, 0) is 15.9 Å². The molecule has 0 aliphatic carbocycles. The smallest absolute Gasteiger partial charge is 0.399 e. The van der Waals surface area contributed by atoms with E-state index < -0.39 is 7.12 Å². The minimum atomic E-state index is -0.421. The molecule has 0 atom stereocenters. The maximum Gasteiger partial charge on any atom is 0.494 e. The van der Waals surface area contributed by atoms with Crippen LogP contribution in [0.4, 0.5) is 0 Å². The minimum absolute atomic E-state index is 0.160. The Morgan fingerprint density at radius 2 is 1.69 bits per heavy atom. The Labute approximate surface area is 156 Å². The summed E-state index contributed by atoms with van der Waals surface area (Å²) in [6, 6.07) is 6.45. The number of hydrogen-bond acceptors (Lipinski definition) is 4. The SMILES string of the molecule is CN1CCC(N2Cc3ccc(B4OC(C)(C)C(C)(C)O4)cc3C2=O)CC1. The van der Waals surface area contributed by atoms with Gasteiger partial charge in [0, 0.05) is 18.2 Å². The number of benzene rings is 1. The van der Waals surface area contributed by atoms with Crippen molar-refractivity contribution in [2.75, 3.05) is 20.1 Å². The molecule has 2 fully saturated rings. The monoisotopic (exact) mass is 356 g/mol. The number of likely N-dealkylation sites (tertiary alicyclic amines) is 1. The Morgan fingerprint density at radius 3 is 2.31 bits per heavy atom. The maximum atomic E-state index is 13.0. The molecule has 0 N–H and O–H groups in total. The summed E-state index contributed by atoms with van der Waals surface area (Å²) in [4.78, 5) is 17.4. The molecule has 6 heteroatoms. The minimum Gasteiger partial charge on any atom is -0.399 e. The van der Waals surface area contributed by atoms with Gasteiger partial charge >= 0.3 is 7.12 Å². The maximum absolute atomic E-state index is 13.0. The number of carbonyl (C=O) groups excluding carboxylic acids is 1. The van der Waals surface area contributed by atoms with Crippen molar-refractivity contribution in [3.05, 3.63) is 29.3 Å². The molecular formula is C20H29BN2O3. The van der Waals surface area contributed by atoms with Crippen LogP contribution in [0.15, 0.2) is 18.2 Å². The highest BCUT2D eigenvalue weighted by Crippen LogP contribution is 2.37. The number of carbonyl (C=O) groups is 1. The van der Waals surface area contributed by atoms with Gasteiger partial charge in [0.2, 0.25) is 0 Å². The summed E-state index contributed by atoms with van der Waals surface area (Å²) in [6.07, 6.45) is 2.11. The average Bonchev–Trinajstić information content (AvgIpc) is 3.01. The van der Waals surface area contributed by atoms with E-state index in [-0.39, 0.29) is 17.1 Å². The van der Waals surface area contributed by atoms with Gasteiger partial charge in [-0.3, -0.25) is 4.79 Å². The summed E-state index contributed by atoms with van der Waals surface area (Å²) in [5.74, 6) is 0.160. The van der Waals surface area contributed by atoms with E-state index >= 15 is 0 Å². The molecule has 26 heavy (non-hydrogen) atoms. The van der Waals surface area contributed by atoms with E-state index in [0.717, 1.165) is 49.1 Å². The summed E-state index contributed by atoms with van der Waals surface area (Å²) in [7, 11) is 1.73. The number of fused-ring (bicyclic) bond motifs is 1. The van der Waals surface area contributed by atoms with E-state index in [1.54, 1.807) is 0 Å². The van der Waals surface area contributed by atoms with Crippen LogP contribution in [0.5, 0.6) is 0 Å². The van der Waals surface area contributed by atoms with Crippen molar-refractivity contribution in [3.63, 3.8) is 0 Å². The number of amides is 1. The second kappa shape index (κ2) is 6.08. The first kappa shape index (κ1) is 18.0. The fourth-order valence-corrected chi connectivity index (χ4v) is 4.07. The van der Waals surface area contributed by atoms with E-state index in [1.165, 1.54) is 0 Å². The molecule has 0 spiro atoms. The van der Waals surface area contributed by atoms with Gasteiger partial charge in [-0.1, -0.05) is 12.1 Å². The van der Waals surface area contributed by atoms with Crippen LogP contribution < -0.4 is 5.46 Å². The molecule has 1 aromatic rings. The highest BCUT2D eigenvalue weighted by Gasteiger charge is 2.52. The van der Waals surface area contributed by atoms with E-state index in [9.17, 15) is 4.79 Å². The predicted molar refractivity (Wildman–Crippen MR) is 103 cm³/mol. The van der Waals surface area contributed by atoms with Gasteiger partial charge in [0.25, 0.3) is 5.91 Å². The molecule has 3 aliphatic heterocycles. The third-order valence-corrected chi connectivity index (χ3v) is 6.62. The van der Waals surface area contributed by atoms with Gasteiger partial charge in [-0.15, -0.1) is 0 Å². The molecule has 0 radical (unpaired) electrons. The Bertz CT molecular complexity index is 710.